The van der Waals surface area contributed by atoms with E-state index in [9.17, 15) is 9.59 Å². The van der Waals surface area contributed by atoms with Crippen molar-refractivity contribution in [1.82, 2.24) is 4.90 Å². The quantitative estimate of drug-likeness (QED) is 0.410. The molecule has 0 radical (unpaired) electrons. The summed E-state index contributed by atoms with van der Waals surface area (Å²) < 4.78 is 10.7. The Balaban J connectivity index is 2.99. The molecule has 0 aromatic heterocycles. The topological polar surface area (TPSA) is 55.8 Å². The molecule has 0 aliphatic carbocycles. The molecule has 0 saturated carbocycles. The molecule has 1 heterocycles. The Bertz CT molecular complexity index is 381. The molecule has 1 aliphatic heterocycles. The first-order valence-corrected chi connectivity index (χ1v) is 9.00. The SMILES string of the molecule is CCOC(=O)N1C(Br)CCCCCCC1C(=O)OC(C)(C)C. The molecule has 2 atom stereocenters. The van der Waals surface area contributed by atoms with E-state index in [2.05, 4.69) is 15.9 Å². The van der Waals surface area contributed by atoms with Crippen LogP contribution in [-0.4, -0.2) is 40.2 Å². The van der Waals surface area contributed by atoms with Gasteiger partial charge >= 0.3 is 12.1 Å². The molecule has 1 aliphatic rings. The number of rotatable bonds is 2. The maximum atomic E-state index is 12.6. The van der Waals surface area contributed by atoms with Gasteiger partial charge < -0.3 is 9.47 Å². The zero-order chi connectivity index (χ0) is 16.8. The number of esters is 1. The molecule has 2 unspecified atom stereocenters. The standard InChI is InChI=1S/C16H28BrNO4/c1-5-21-15(20)18-12(14(19)22-16(2,3)4)10-8-6-7-9-11-13(18)17/h12-13H,5-11H2,1-4H3. The lowest BCUT2D eigenvalue weighted by Gasteiger charge is -2.34. The fourth-order valence-electron chi connectivity index (χ4n) is 2.52. The number of hydrogen-bond acceptors (Lipinski definition) is 4. The second-order valence-corrected chi connectivity index (χ2v) is 7.64. The van der Waals surface area contributed by atoms with Crippen molar-refractivity contribution in [2.24, 2.45) is 0 Å². The molecule has 0 spiro atoms. The second-order valence-electron chi connectivity index (χ2n) is 6.58. The Morgan fingerprint density at radius 1 is 1.14 bits per heavy atom. The van der Waals surface area contributed by atoms with Crippen molar-refractivity contribution in [2.45, 2.75) is 82.8 Å². The van der Waals surface area contributed by atoms with Crippen LogP contribution in [0.25, 0.3) is 0 Å². The zero-order valence-electron chi connectivity index (χ0n) is 14.1. The molecule has 0 aromatic rings. The lowest BCUT2D eigenvalue weighted by molar-refractivity contribution is -0.161. The normalized spacial score (nSPS) is 24.0. The van der Waals surface area contributed by atoms with E-state index in [0.29, 0.717) is 6.42 Å². The van der Waals surface area contributed by atoms with Crippen molar-refractivity contribution in [1.29, 1.82) is 0 Å². The van der Waals surface area contributed by atoms with Crippen LogP contribution in [-0.2, 0) is 14.3 Å². The van der Waals surface area contributed by atoms with E-state index in [4.69, 9.17) is 9.47 Å². The lowest BCUT2D eigenvalue weighted by atomic mass is 10.1. The van der Waals surface area contributed by atoms with Crippen molar-refractivity contribution >= 4 is 28.0 Å². The van der Waals surface area contributed by atoms with Gasteiger partial charge in [-0.2, -0.15) is 0 Å². The summed E-state index contributed by atoms with van der Waals surface area (Å²) >= 11 is 3.55. The highest BCUT2D eigenvalue weighted by atomic mass is 79.9. The Hall–Kier alpha value is -0.780. The summed E-state index contributed by atoms with van der Waals surface area (Å²) in [4.78, 5) is 26.2. The predicted octanol–water partition coefficient (Wildman–Crippen LogP) is 4.23. The largest absolute Gasteiger partial charge is 0.458 e. The zero-order valence-corrected chi connectivity index (χ0v) is 15.6. The summed E-state index contributed by atoms with van der Waals surface area (Å²) in [6.45, 7) is 7.55. The first-order chi connectivity index (χ1) is 10.3. The van der Waals surface area contributed by atoms with Gasteiger partial charge in [0.2, 0.25) is 0 Å². The van der Waals surface area contributed by atoms with Crippen molar-refractivity contribution < 1.29 is 19.1 Å². The third-order valence-corrected chi connectivity index (χ3v) is 4.36. The van der Waals surface area contributed by atoms with Crippen molar-refractivity contribution in [3.63, 3.8) is 0 Å². The van der Waals surface area contributed by atoms with Crippen molar-refractivity contribution in [3.05, 3.63) is 0 Å². The van der Waals surface area contributed by atoms with Crippen LogP contribution < -0.4 is 0 Å². The van der Waals surface area contributed by atoms with E-state index in [1.54, 1.807) is 6.92 Å². The summed E-state index contributed by atoms with van der Waals surface area (Å²) in [5.41, 5.74) is -0.572. The maximum Gasteiger partial charge on any atom is 0.411 e. The average molecular weight is 378 g/mol. The predicted molar refractivity (Wildman–Crippen MR) is 88.9 cm³/mol. The van der Waals surface area contributed by atoms with Gasteiger partial charge in [-0.05, 0) is 40.5 Å². The summed E-state index contributed by atoms with van der Waals surface area (Å²) in [7, 11) is 0. The molecule has 6 heteroatoms. The summed E-state index contributed by atoms with van der Waals surface area (Å²) in [5, 5.41) is 0. The number of halogens is 1. The molecule has 128 valence electrons. The van der Waals surface area contributed by atoms with Gasteiger partial charge in [-0.3, -0.25) is 4.90 Å². The van der Waals surface area contributed by atoms with Crippen LogP contribution in [0.15, 0.2) is 0 Å². The second kappa shape index (κ2) is 8.75. The van der Waals surface area contributed by atoms with E-state index in [1.165, 1.54) is 4.90 Å². The van der Waals surface area contributed by atoms with E-state index in [0.717, 1.165) is 32.1 Å². The number of amides is 1. The fourth-order valence-corrected chi connectivity index (χ4v) is 3.29. The van der Waals surface area contributed by atoms with E-state index < -0.39 is 17.7 Å². The molecule has 0 bridgehead atoms. The number of hydrogen-bond donors (Lipinski definition) is 0. The van der Waals surface area contributed by atoms with Crippen LogP contribution in [0, 0.1) is 0 Å². The third kappa shape index (κ3) is 6.15. The molecule has 0 N–H and O–H groups in total. The van der Waals surface area contributed by atoms with Crippen LogP contribution in [0.1, 0.15) is 66.2 Å². The highest BCUT2D eigenvalue weighted by molar-refractivity contribution is 9.09. The van der Waals surface area contributed by atoms with Crippen LogP contribution in [0.3, 0.4) is 0 Å². The van der Waals surface area contributed by atoms with Gasteiger partial charge in [0, 0.05) is 0 Å². The van der Waals surface area contributed by atoms with Gasteiger partial charge in [0.1, 0.15) is 11.6 Å². The average Bonchev–Trinajstić information content (AvgIpc) is 2.47. The highest BCUT2D eigenvalue weighted by Crippen LogP contribution is 2.27. The minimum Gasteiger partial charge on any atom is -0.458 e. The van der Waals surface area contributed by atoms with E-state index in [1.807, 2.05) is 20.8 Å². The Morgan fingerprint density at radius 3 is 2.27 bits per heavy atom. The number of alkyl halides is 1. The van der Waals surface area contributed by atoms with Crippen LogP contribution >= 0.6 is 15.9 Å². The molecule has 1 rings (SSSR count). The van der Waals surface area contributed by atoms with Crippen LogP contribution in [0.5, 0.6) is 0 Å². The van der Waals surface area contributed by atoms with Gasteiger partial charge in [0.25, 0.3) is 0 Å². The van der Waals surface area contributed by atoms with Crippen LogP contribution in [0.4, 0.5) is 4.79 Å². The fraction of sp³-hybridized carbons (Fsp3) is 0.875. The van der Waals surface area contributed by atoms with E-state index >= 15 is 0 Å². The van der Waals surface area contributed by atoms with Crippen molar-refractivity contribution in [2.75, 3.05) is 6.61 Å². The summed E-state index contributed by atoms with van der Waals surface area (Å²) in [6.07, 6.45) is 5.05. The third-order valence-electron chi connectivity index (χ3n) is 3.46. The first-order valence-electron chi connectivity index (χ1n) is 8.08. The Morgan fingerprint density at radius 2 is 1.73 bits per heavy atom. The van der Waals surface area contributed by atoms with Crippen molar-refractivity contribution in [3.8, 4) is 0 Å². The highest BCUT2D eigenvalue weighted by Gasteiger charge is 2.37. The number of carbonyl (C=O) groups is 2. The number of carbonyl (C=O) groups excluding carboxylic acids is 2. The molecule has 22 heavy (non-hydrogen) atoms. The molecule has 5 nitrogen and oxygen atoms in total. The minimum absolute atomic E-state index is 0.206. The minimum atomic E-state index is -0.597. The number of ether oxygens (including phenoxy) is 2. The van der Waals surface area contributed by atoms with Gasteiger partial charge in [0.15, 0.2) is 0 Å². The van der Waals surface area contributed by atoms with E-state index in [-0.39, 0.29) is 17.5 Å². The summed E-state index contributed by atoms with van der Waals surface area (Å²) in [6, 6.07) is -0.597. The molecular weight excluding hydrogens is 350 g/mol. The Kier molecular flexibility index (Phi) is 7.66. The maximum absolute atomic E-state index is 12.6. The molecule has 0 aromatic carbocycles. The monoisotopic (exact) mass is 377 g/mol. The molecule has 1 saturated heterocycles. The molecule has 1 amide bonds. The van der Waals surface area contributed by atoms with Gasteiger partial charge in [-0.1, -0.05) is 41.6 Å². The Labute approximate surface area is 141 Å². The molecule has 1 fully saturated rings. The lowest BCUT2D eigenvalue weighted by Crippen LogP contribution is -2.50. The molecular formula is C16H28BrNO4. The number of nitrogens with zero attached hydrogens (tertiary/aromatic N) is 1. The summed E-state index contributed by atoms with van der Waals surface area (Å²) in [5.74, 6) is -0.355. The van der Waals surface area contributed by atoms with Gasteiger partial charge in [-0.25, -0.2) is 9.59 Å². The first kappa shape index (κ1) is 19.3. The van der Waals surface area contributed by atoms with Gasteiger partial charge in [0.05, 0.1) is 11.6 Å². The van der Waals surface area contributed by atoms with Gasteiger partial charge in [-0.15, -0.1) is 0 Å². The van der Waals surface area contributed by atoms with Crippen LogP contribution in [0.2, 0.25) is 0 Å². The smallest absolute Gasteiger partial charge is 0.411 e.